The summed E-state index contributed by atoms with van der Waals surface area (Å²) in [6, 6.07) is 0. The number of phosphoric acid groups is 2. The van der Waals surface area contributed by atoms with Crippen LogP contribution in [0.1, 0.15) is 409 Å². The first-order chi connectivity index (χ1) is 47.6. The van der Waals surface area contributed by atoms with Gasteiger partial charge in [0, 0.05) is 25.7 Å². The van der Waals surface area contributed by atoms with Crippen LogP contribution in [0.5, 0.6) is 0 Å². The summed E-state index contributed by atoms with van der Waals surface area (Å²) < 4.78 is 68.6. The molecule has 17 nitrogen and oxygen atoms in total. The van der Waals surface area contributed by atoms with Gasteiger partial charge >= 0.3 is 39.5 Å². The van der Waals surface area contributed by atoms with E-state index in [1.54, 1.807) is 0 Å². The summed E-state index contributed by atoms with van der Waals surface area (Å²) in [5.41, 5.74) is 0. The lowest BCUT2D eigenvalue weighted by atomic mass is 10.00. The Bertz CT molecular complexity index is 1940. The molecule has 3 N–H and O–H groups in total. The van der Waals surface area contributed by atoms with Crippen molar-refractivity contribution in [3.8, 4) is 0 Å². The third kappa shape index (κ3) is 72.8. The molecule has 0 fully saturated rings. The van der Waals surface area contributed by atoms with Crippen molar-refractivity contribution in [2.24, 2.45) is 23.7 Å². The fourth-order valence-electron chi connectivity index (χ4n) is 12.2. The maximum atomic E-state index is 13.1. The highest BCUT2D eigenvalue weighted by Gasteiger charge is 2.30. The Morgan fingerprint density at radius 2 is 0.485 bits per heavy atom. The van der Waals surface area contributed by atoms with Crippen molar-refractivity contribution in [1.82, 2.24) is 0 Å². The second-order valence-electron chi connectivity index (χ2n) is 30.5. The smallest absolute Gasteiger partial charge is 0.462 e. The van der Waals surface area contributed by atoms with E-state index in [1.165, 1.54) is 205 Å². The summed E-state index contributed by atoms with van der Waals surface area (Å²) in [7, 11) is -9.92. The summed E-state index contributed by atoms with van der Waals surface area (Å²) >= 11 is 0. The Balaban J connectivity index is 5.16. The van der Waals surface area contributed by atoms with E-state index in [4.69, 9.17) is 37.0 Å². The van der Waals surface area contributed by atoms with Crippen molar-refractivity contribution >= 4 is 39.5 Å². The van der Waals surface area contributed by atoms with Crippen molar-refractivity contribution in [3.63, 3.8) is 0 Å². The van der Waals surface area contributed by atoms with Crippen LogP contribution in [0.15, 0.2) is 0 Å². The van der Waals surface area contributed by atoms with Gasteiger partial charge in [-0.2, -0.15) is 0 Å². The Morgan fingerprint density at radius 3 is 0.717 bits per heavy atom. The molecular weight excluding hydrogens is 1290 g/mol. The molecule has 0 aromatic heterocycles. The maximum absolute atomic E-state index is 13.1. The van der Waals surface area contributed by atoms with Gasteiger partial charge in [0.05, 0.1) is 26.4 Å². The number of rotatable bonds is 77. The lowest BCUT2D eigenvalue weighted by Crippen LogP contribution is -2.30. The summed E-state index contributed by atoms with van der Waals surface area (Å²) in [5, 5.41) is 10.6. The highest BCUT2D eigenvalue weighted by Crippen LogP contribution is 2.45. The van der Waals surface area contributed by atoms with E-state index in [0.717, 1.165) is 114 Å². The van der Waals surface area contributed by atoms with Crippen molar-refractivity contribution in [1.29, 1.82) is 0 Å². The molecule has 588 valence electrons. The molecule has 0 bridgehead atoms. The van der Waals surface area contributed by atoms with Crippen LogP contribution in [0, 0.1) is 23.7 Å². The number of hydrogen-bond donors (Lipinski definition) is 3. The van der Waals surface area contributed by atoms with Gasteiger partial charge in [0.1, 0.15) is 19.3 Å². The molecule has 0 amide bonds. The van der Waals surface area contributed by atoms with Gasteiger partial charge in [0.25, 0.3) is 0 Å². The monoisotopic (exact) mass is 1450 g/mol. The number of carbonyl (C=O) groups excluding carboxylic acids is 4. The lowest BCUT2D eigenvalue weighted by Gasteiger charge is -2.21. The van der Waals surface area contributed by atoms with Crippen LogP contribution in [0.4, 0.5) is 0 Å². The summed E-state index contributed by atoms with van der Waals surface area (Å²) in [6.45, 7) is 14.2. The van der Waals surface area contributed by atoms with Crippen molar-refractivity contribution in [3.05, 3.63) is 0 Å². The van der Waals surface area contributed by atoms with Gasteiger partial charge in [-0.3, -0.25) is 37.3 Å². The van der Waals surface area contributed by atoms with Gasteiger partial charge in [-0.15, -0.1) is 0 Å². The average molecular weight is 1450 g/mol. The van der Waals surface area contributed by atoms with Crippen molar-refractivity contribution in [2.75, 3.05) is 39.6 Å². The van der Waals surface area contributed by atoms with E-state index in [0.29, 0.717) is 31.6 Å². The largest absolute Gasteiger partial charge is 0.472 e. The van der Waals surface area contributed by atoms with E-state index in [1.807, 2.05) is 0 Å². The lowest BCUT2D eigenvalue weighted by molar-refractivity contribution is -0.161. The predicted molar refractivity (Wildman–Crippen MR) is 404 cm³/mol. The van der Waals surface area contributed by atoms with Crippen LogP contribution in [-0.4, -0.2) is 96.7 Å². The van der Waals surface area contributed by atoms with Crippen molar-refractivity contribution in [2.45, 2.75) is 427 Å². The summed E-state index contributed by atoms with van der Waals surface area (Å²) in [5.74, 6) is 0.948. The highest BCUT2D eigenvalue weighted by molar-refractivity contribution is 7.47. The van der Waals surface area contributed by atoms with Gasteiger partial charge in [-0.1, -0.05) is 357 Å². The number of hydrogen-bond acceptors (Lipinski definition) is 15. The Hall–Kier alpha value is -1.94. The number of aliphatic hydroxyl groups excluding tert-OH is 1. The molecule has 0 aliphatic carbocycles. The van der Waals surface area contributed by atoms with E-state index in [9.17, 15) is 43.2 Å². The van der Waals surface area contributed by atoms with Gasteiger partial charge in [-0.05, 0) is 49.4 Å². The first-order valence-corrected chi connectivity index (χ1v) is 44.2. The second kappa shape index (κ2) is 69.1. The molecule has 0 rings (SSSR count). The van der Waals surface area contributed by atoms with Crippen LogP contribution in [0.2, 0.25) is 0 Å². The zero-order valence-corrected chi connectivity index (χ0v) is 66.9. The second-order valence-corrected chi connectivity index (χ2v) is 33.4. The third-order valence-corrected chi connectivity index (χ3v) is 20.8. The van der Waals surface area contributed by atoms with E-state index in [2.05, 4.69) is 55.4 Å². The number of carbonyl (C=O) groups is 4. The zero-order chi connectivity index (χ0) is 73.1. The molecule has 0 heterocycles. The maximum Gasteiger partial charge on any atom is 0.472 e. The SMILES string of the molecule is CCC(C)CCCCCCCCC(=O)OC[C@H](COP(=O)(O)OC[C@H](O)COP(=O)(O)OC[C@@H](COC(=O)CCCCCCCCCCCCCCCCCCCCC(C)C)OC(=O)CCCCCCCCCCC(C)C)OC(=O)CCCCCCCCCCCCCCCCC(C)C. The molecule has 0 aromatic carbocycles. The van der Waals surface area contributed by atoms with Crippen LogP contribution in [0.25, 0.3) is 0 Å². The molecule has 99 heavy (non-hydrogen) atoms. The number of esters is 4. The average Bonchev–Trinajstić information content (AvgIpc) is 1.01. The van der Waals surface area contributed by atoms with Gasteiger partial charge in [0.2, 0.25) is 0 Å². The number of unbranched alkanes of at least 4 members (excludes halogenated alkanes) is 42. The fraction of sp³-hybridized carbons (Fsp3) is 0.950. The van der Waals surface area contributed by atoms with E-state index < -0.39 is 97.5 Å². The minimum Gasteiger partial charge on any atom is -0.462 e. The highest BCUT2D eigenvalue weighted by atomic mass is 31.2. The zero-order valence-electron chi connectivity index (χ0n) is 65.1. The van der Waals surface area contributed by atoms with E-state index in [-0.39, 0.29) is 25.7 Å². The minimum absolute atomic E-state index is 0.105. The van der Waals surface area contributed by atoms with Crippen LogP contribution in [0.3, 0.4) is 0 Å². The minimum atomic E-state index is -4.96. The Labute approximate surface area is 607 Å². The molecule has 0 spiro atoms. The summed E-state index contributed by atoms with van der Waals surface area (Å²) in [4.78, 5) is 72.9. The first kappa shape index (κ1) is 97.1. The Kier molecular flexibility index (Phi) is 67.8. The molecule has 6 atom stereocenters. The molecule has 19 heteroatoms. The molecule has 0 aromatic rings. The molecule has 0 radical (unpaired) electrons. The van der Waals surface area contributed by atoms with Crippen LogP contribution < -0.4 is 0 Å². The third-order valence-electron chi connectivity index (χ3n) is 18.9. The number of aliphatic hydroxyl groups is 1. The van der Waals surface area contributed by atoms with Crippen LogP contribution >= 0.6 is 15.6 Å². The molecule has 0 aliphatic rings. The quantitative estimate of drug-likeness (QED) is 0.0222. The normalized spacial score (nSPS) is 14.3. The van der Waals surface area contributed by atoms with Crippen LogP contribution in [-0.2, 0) is 65.4 Å². The van der Waals surface area contributed by atoms with Gasteiger partial charge < -0.3 is 33.8 Å². The predicted octanol–water partition coefficient (Wildman–Crippen LogP) is 23.6. The topological polar surface area (TPSA) is 237 Å². The number of phosphoric ester groups is 2. The molecule has 3 unspecified atom stereocenters. The Morgan fingerprint density at radius 1 is 0.283 bits per heavy atom. The number of ether oxygens (including phenoxy) is 4. The molecule has 0 saturated carbocycles. The molecule has 0 aliphatic heterocycles. The standard InChI is InChI=1S/C80H156O17P2/c1-9-73(8)59-51-43-38-39-45-53-61-78(83)91-67-76(96-79(84)62-54-46-36-29-25-21-17-16-19-23-27-33-41-49-57-71(4)5)69-95-99(88,89)93-65-74(81)64-92-98(86,87)94-68-75(97-80(85)63-55-47-37-31-30-34-42-50-58-72(6)7)66-90-77(82)60-52-44-35-28-24-20-15-13-11-10-12-14-18-22-26-32-40-48-56-70(2)3/h70-76,81H,9-69H2,1-8H3,(H,86,87)(H,88,89)/t73?,74-,75-,76-/m1/s1. The van der Waals surface area contributed by atoms with Gasteiger partial charge in [-0.25, -0.2) is 9.13 Å². The van der Waals surface area contributed by atoms with E-state index >= 15 is 0 Å². The molecule has 0 saturated heterocycles. The molecular formula is C80H156O17P2. The summed E-state index contributed by atoms with van der Waals surface area (Å²) in [6.07, 6.45) is 55.7. The van der Waals surface area contributed by atoms with Gasteiger partial charge in [0.15, 0.2) is 12.2 Å². The first-order valence-electron chi connectivity index (χ1n) is 41.2. The fourth-order valence-corrected chi connectivity index (χ4v) is 13.8. The van der Waals surface area contributed by atoms with Crippen molar-refractivity contribution < 1.29 is 80.2 Å².